The van der Waals surface area contributed by atoms with Gasteiger partial charge in [-0.1, -0.05) is 26.0 Å². The van der Waals surface area contributed by atoms with Crippen molar-refractivity contribution < 1.29 is 9.53 Å². The second-order valence-corrected chi connectivity index (χ2v) is 5.25. The number of carbonyl (C=O) groups is 1. The summed E-state index contributed by atoms with van der Waals surface area (Å²) in [5.74, 6) is 1.41. The Morgan fingerprint density at radius 3 is 2.84 bits per heavy atom. The van der Waals surface area contributed by atoms with Gasteiger partial charge in [0.2, 0.25) is 0 Å². The van der Waals surface area contributed by atoms with E-state index >= 15 is 0 Å². The summed E-state index contributed by atoms with van der Waals surface area (Å²) >= 11 is 0. The van der Waals surface area contributed by atoms with E-state index in [-0.39, 0.29) is 6.03 Å². The lowest BCUT2D eigenvalue weighted by Crippen LogP contribution is -2.31. The van der Waals surface area contributed by atoms with Crippen molar-refractivity contribution in [3.05, 3.63) is 29.3 Å². The first kappa shape index (κ1) is 13.7. The molecule has 1 fully saturated rings. The van der Waals surface area contributed by atoms with Crippen LogP contribution in [0.1, 0.15) is 30.9 Å². The summed E-state index contributed by atoms with van der Waals surface area (Å²) in [6.07, 6.45) is 0. The number of urea groups is 1. The predicted octanol–water partition coefficient (Wildman–Crippen LogP) is 2.52. The highest BCUT2D eigenvalue weighted by molar-refractivity contribution is 5.76. The van der Waals surface area contributed by atoms with Crippen molar-refractivity contribution >= 4 is 6.03 Å². The second kappa shape index (κ2) is 5.95. The number of amides is 2. The zero-order chi connectivity index (χ0) is 13.8. The van der Waals surface area contributed by atoms with Crippen LogP contribution in [-0.4, -0.2) is 37.2 Å². The molecule has 19 heavy (non-hydrogen) atoms. The van der Waals surface area contributed by atoms with E-state index in [9.17, 15) is 4.79 Å². The van der Waals surface area contributed by atoms with Crippen LogP contribution in [0.4, 0.5) is 4.79 Å². The normalized spacial score (nSPS) is 14.9. The van der Waals surface area contributed by atoms with Gasteiger partial charge in [-0.15, -0.1) is 0 Å². The smallest absolute Gasteiger partial charge is 0.317 e. The lowest BCUT2D eigenvalue weighted by molar-refractivity contribution is 0.202. The molecule has 1 aliphatic rings. The number of benzene rings is 1. The standard InChI is InChI=1S/C15H22N2O2/c1-11(2)13-5-4-12(3)14(10-13)19-9-8-17-7-6-16-15(17)18/h4-5,10-11H,6-9H2,1-3H3,(H,16,18). The minimum absolute atomic E-state index is 0.0104. The molecule has 2 amide bonds. The summed E-state index contributed by atoms with van der Waals surface area (Å²) in [6, 6.07) is 6.34. The Morgan fingerprint density at radius 2 is 2.21 bits per heavy atom. The molecule has 0 aliphatic carbocycles. The van der Waals surface area contributed by atoms with Gasteiger partial charge in [0, 0.05) is 13.1 Å². The third-order valence-corrected chi connectivity index (χ3v) is 3.44. The molecule has 0 radical (unpaired) electrons. The van der Waals surface area contributed by atoms with Crippen molar-refractivity contribution in [3.63, 3.8) is 0 Å². The summed E-state index contributed by atoms with van der Waals surface area (Å²) in [4.78, 5) is 13.2. The predicted molar refractivity (Wildman–Crippen MR) is 75.7 cm³/mol. The van der Waals surface area contributed by atoms with Gasteiger partial charge in [-0.2, -0.15) is 0 Å². The maximum atomic E-state index is 11.4. The molecule has 0 bridgehead atoms. The molecule has 4 nitrogen and oxygen atoms in total. The molecule has 1 aromatic rings. The van der Waals surface area contributed by atoms with Gasteiger partial charge in [0.25, 0.3) is 0 Å². The average Bonchev–Trinajstić information content (AvgIpc) is 2.77. The van der Waals surface area contributed by atoms with Crippen LogP contribution >= 0.6 is 0 Å². The average molecular weight is 262 g/mol. The van der Waals surface area contributed by atoms with Crippen molar-refractivity contribution in [2.24, 2.45) is 0 Å². The fourth-order valence-electron chi connectivity index (χ4n) is 2.12. The molecule has 1 N–H and O–H groups in total. The molecular weight excluding hydrogens is 240 g/mol. The third-order valence-electron chi connectivity index (χ3n) is 3.44. The van der Waals surface area contributed by atoms with Gasteiger partial charge in [-0.05, 0) is 30.0 Å². The summed E-state index contributed by atoms with van der Waals surface area (Å²) in [5, 5.41) is 2.79. The molecule has 2 rings (SSSR count). The van der Waals surface area contributed by atoms with Gasteiger partial charge < -0.3 is 15.0 Å². The van der Waals surface area contributed by atoms with Gasteiger partial charge >= 0.3 is 6.03 Å². The van der Waals surface area contributed by atoms with Crippen LogP contribution in [0.25, 0.3) is 0 Å². The number of rotatable bonds is 5. The minimum atomic E-state index is 0.0104. The lowest BCUT2D eigenvalue weighted by Gasteiger charge is -2.16. The zero-order valence-corrected chi connectivity index (χ0v) is 11.9. The van der Waals surface area contributed by atoms with Crippen molar-refractivity contribution in [2.45, 2.75) is 26.7 Å². The summed E-state index contributed by atoms with van der Waals surface area (Å²) in [7, 11) is 0. The molecule has 104 valence electrons. The van der Waals surface area contributed by atoms with Crippen molar-refractivity contribution in [3.8, 4) is 5.75 Å². The molecule has 0 aromatic heterocycles. The van der Waals surface area contributed by atoms with E-state index < -0.39 is 0 Å². The zero-order valence-electron chi connectivity index (χ0n) is 11.9. The Balaban J connectivity index is 1.91. The molecular formula is C15H22N2O2. The second-order valence-electron chi connectivity index (χ2n) is 5.25. The fourth-order valence-corrected chi connectivity index (χ4v) is 2.12. The highest BCUT2D eigenvalue weighted by Crippen LogP contribution is 2.24. The SMILES string of the molecule is Cc1ccc(C(C)C)cc1OCCN1CCNC1=O. The number of hydrogen-bond donors (Lipinski definition) is 1. The summed E-state index contributed by atoms with van der Waals surface area (Å²) in [5.41, 5.74) is 2.41. The van der Waals surface area contributed by atoms with Gasteiger partial charge in [0.15, 0.2) is 0 Å². The lowest BCUT2D eigenvalue weighted by atomic mass is 10.0. The van der Waals surface area contributed by atoms with Crippen LogP contribution in [0.15, 0.2) is 18.2 Å². The van der Waals surface area contributed by atoms with Gasteiger partial charge in [-0.25, -0.2) is 4.79 Å². The number of hydrogen-bond acceptors (Lipinski definition) is 2. The summed E-state index contributed by atoms with van der Waals surface area (Å²) in [6.45, 7) is 9.06. The van der Waals surface area contributed by atoms with E-state index in [4.69, 9.17) is 4.74 Å². The van der Waals surface area contributed by atoms with Crippen LogP contribution in [0.3, 0.4) is 0 Å². The molecule has 0 unspecified atom stereocenters. The van der Waals surface area contributed by atoms with E-state index in [1.54, 1.807) is 4.90 Å². The largest absolute Gasteiger partial charge is 0.491 e. The van der Waals surface area contributed by atoms with Crippen LogP contribution in [0.5, 0.6) is 5.75 Å². The molecule has 1 heterocycles. The maximum Gasteiger partial charge on any atom is 0.317 e. The van der Waals surface area contributed by atoms with Crippen LogP contribution in [0, 0.1) is 6.92 Å². The van der Waals surface area contributed by atoms with E-state index in [1.807, 2.05) is 6.92 Å². The van der Waals surface area contributed by atoms with Crippen molar-refractivity contribution in [1.29, 1.82) is 0 Å². The topological polar surface area (TPSA) is 41.6 Å². The van der Waals surface area contributed by atoms with E-state index in [2.05, 4.69) is 37.4 Å². The Bertz CT molecular complexity index is 457. The van der Waals surface area contributed by atoms with Crippen molar-refractivity contribution in [1.82, 2.24) is 10.2 Å². The Labute approximate surface area is 114 Å². The molecule has 0 atom stereocenters. The summed E-state index contributed by atoms with van der Waals surface area (Å²) < 4.78 is 5.82. The van der Waals surface area contributed by atoms with Crippen LogP contribution in [0.2, 0.25) is 0 Å². The molecule has 1 aliphatic heterocycles. The first-order valence-corrected chi connectivity index (χ1v) is 6.84. The first-order valence-electron chi connectivity index (χ1n) is 6.84. The van der Waals surface area contributed by atoms with Crippen LogP contribution < -0.4 is 10.1 Å². The van der Waals surface area contributed by atoms with E-state index in [1.165, 1.54) is 5.56 Å². The number of nitrogens with one attached hydrogen (secondary N) is 1. The quantitative estimate of drug-likeness (QED) is 0.886. The maximum absolute atomic E-state index is 11.4. The Morgan fingerprint density at radius 1 is 1.42 bits per heavy atom. The molecule has 0 spiro atoms. The Kier molecular flexibility index (Phi) is 4.30. The fraction of sp³-hybridized carbons (Fsp3) is 0.533. The Hall–Kier alpha value is -1.71. The highest BCUT2D eigenvalue weighted by Gasteiger charge is 2.18. The van der Waals surface area contributed by atoms with Gasteiger partial charge in [-0.3, -0.25) is 0 Å². The number of ether oxygens (including phenoxy) is 1. The van der Waals surface area contributed by atoms with Crippen LogP contribution in [-0.2, 0) is 0 Å². The number of carbonyl (C=O) groups excluding carboxylic acids is 1. The molecule has 1 saturated heterocycles. The van der Waals surface area contributed by atoms with Crippen molar-refractivity contribution in [2.75, 3.05) is 26.2 Å². The number of aryl methyl sites for hydroxylation is 1. The van der Waals surface area contributed by atoms with E-state index in [0.717, 1.165) is 24.4 Å². The molecule has 1 aromatic carbocycles. The molecule has 4 heteroatoms. The van der Waals surface area contributed by atoms with E-state index in [0.29, 0.717) is 19.1 Å². The number of nitrogens with zero attached hydrogens (tertiary/aromatic N) is 1. The third kappa shape index (κ3) is 3.40. The van der Waals surface area contributed by atoms with Gasteiger partial charge in [0.1, 0.15) is 12.4 Å². The highest BCUT2D eigenvalue weighted by atomic mass is 16.5. The molecule has 0 saturated carbocycles. The van der Waals surface area contributed by atoms with Gasteiger partial charge in [0.05, 0.1) is 6.54 Å². The minimum Gasteiger partial charge on any atom is -0.491 e. The first-order chi connectivity index (χ1) is 9.08. The monoisotopic (exact) mass is 262 g/mol.